The van der Waals surface area contributed by atoms with E-state index in [2.05, 4.69) is 6.92 Å². The number of nitrogens with zero attached hydrogens (tertiary/aromatic N) is 1. The van der Waals surface area contributed by atoms with Crippen LogP contribution < -0.4 is 4.74 Å². The van der Waals surface area contributed by atoms with Gasteiger partial charge in [0.05, 0.1) is 6.61 Å². The van der Waals surface area contributed by atoms with Gasteiger partial charge in [0, 0.05) is 36.9 Å². The number of piperidine rings is 1. The summed E-state index contributed by atoms with van der Waals surface area (Å²) in [7, 11) is 0. The number of benzene rings is 1. The first-order chi connectivity index (χ1) is 14.4. The molecule has 0 saturated carbocycles. The average molecular weight is 444 g/mol. The molecule has 1 amide bonds. The van der Waals surface area contributed by atoms with Gasteiger partial charge in [-0.15, -0.1) is 0 Å². The monoisotopic (exact) mass is 443 g/mol. The standard InChI is InChI=1S/C24H36ClF2NO2/c1-3-6-20(14-18-30-22-10-8-21(25)9-11-22)24(26,27)15-5-7-23(29)28-16-12-19(4-2)13-17-28/h8-11,19-20H,3-7,12-18H2,1-2H3. The summed E-state index contributed by atoms with van der Waals surface area (Å²) in [5, 5.41) is 0.613. The van der Waals surface area contributed by atoms with Crippen LogP contribution in [0.4, 0.5) is 8.78 Å². The number of halogens is 3. The van der Waals surface area contributed by atoms with Gasteiger partial charge in [-0.25, -0.2) is 8.78 Å². The molecule has 1 atom stereocenters. The molecule has 0 spiro atoms. The summed E-state index contributed by atoms with van der Waals surface area (Å²) in [5.41, 5.74) is 0. The topological polar surface area (TPSA) is 29.5 Å². The summed E-state index contributed by atoms with van der Waals surface area (Å²) < 4.78 is 35.3. The Morgan fingerprint density at radius 3 is 2.47 bits per heavy atom. The van der Waals surface area contributed by atoms with E-state index in [0.29, 0.717) is 36.0 Å². The van der Waals surface area contributed by atoms with Crippen molar-refractivity contribution in [2.75, 3.05) is 19.7 Å². The first-order valence-corrected chi connectivity index (χ1v) is 11.8. The van der Waals surface area contributed by atoms with Crippen molar-refractivity contribution in [1.29, 1.82) is 0 Å². The second kappa shape index (κ2) is 12.5. The third-order valence-corrected chi connectivity index (χ3v) is 6.48. The minimum Gasteiger partial charge on any atom is -0.494 e. The van der Waals surface area contributed by atoms with Gasteiger partial charge in [-0.2, -0.15) is 0 Å². The highest BCUT2D eigenvalue weighted by atomic mass is 35.5. The molecule has 1 unspecified atom stereocenters. The minimum absolute atomic E-state index is 0.0264. The van der Waals surface area contributed by atoms with Crippen molar-refractivity contribution in [2.24, 2.45) is 11.8 Å². The van der Waals surface area contributed by atoms with Crippen molar-refractivity contribution in [3.63, 3.8) is 0 Å². The van der Waals surface area contributed by atoms with Crippen molar-refractivity contribution >= 4 is 17.5 Å². The lowest BCUT2D eigenvalue weighted by molar-refractivity contribution is -0.133. The summed E-state index contributed by atoms with van der Waals surface area (Å²) in [6.45, 7) is 5.89. The Kier molecular flexibility index (Phi) is 10.4. The normalized spacial score (nSPS) is 16.5. The third-order valence-electron chi connectivity index (χ3n) is 6.23. The van der Waals surface area contributed by atoms with Crippen molar-refractivity contribution in [3.05, 3.63) is 29.3 Å². The lowest BCUT2D eigenvalue weighted by atomic mass is 9.89. The molecular weight excluding hydrogens is 408 g/mol. The van der Waals surface area contributed by atoms with Gasteiger partial charge < -0.3 is 9.64 Å². The fraction of sp³-hybridized carbons (Fsp3) is 0.708. The van der Waals surface area contributed by atoms with Crippen LogP contribution in [0.2, 0.25) is 5.02 Å². The lowest BCUT2D eigenvalue weighted by Crippen LogP contribution is -2.38. The van der Waals surface area contributed by atoms with Gasteiger partial charge in [0.1, 0.15) is 5.75 Å². The highest BCUT2D eigenvalue weighted by Gasteiger charge is 2.38. The molecule has 0 bridgehead atoms. The molecular formula is C24H36ClF2NO2. The minimum atomic E-state index is -2.78. The van der Waals surface area contributed by atoms with Crippen LogP contribution in [0.25, 0.3) is 0 Å². The van der Waals surface area contributed by atoms with Gasteiger partial charge in [0.2, 0.25) is 5.91 Å². The number of rotatable bonds is 12. The maximum absolute atomic E-state index is 14.8. The number of hydrogen-bond donors (Lipinski definition) is 0. The number of hydrogen-bond acceptors (Lipinski definition) is 2. The summed E-state index contributed by atoms with van der Waals surface area (Å²) in [6, 6.07) is 6.92. The van der Waals surface area contributed by atoms with Crippen LogP contribution in [0.5, 0.6) is 5.75 Å². The van der Waals surface area contributed by atoms with Crippen LogP contribution in [-0.2, 0) is 4.79 Å². The Morgan fingerprint density at radius 2 is 1.87 bits per heavy atom. The zero-order chi connectivity index (χ0) is 22.0. The highest BCUT2D eigenvalue weighted by molar-refractivity contribution is 6.30. The SMILES string of the molecule is CCCC(CCOc1ccc(Cl)cc1)C(F)(F)CCCC(=O)N1CCC(CC)CC1. The van der Waals surface area contributed by atoms with E-state index >= 15 is 0 Å². The first-order valence-electron chi connectivity index (χ1n) is 11.4. The van der Waals surface area contributed by atoms with Crippen LogP contribution in [-0.4, -0.2) is 36.4 Å². The highest BCUT2D eigenvalue weighted by Crippen LogP contribution is 2.36. The fourth-order valence-electron chi connectivity index (χ4n) is 4.19. The molecule has 30 heavy (non-hydrogen) atoms. The number of carbonyl (C=O) groups excluding carboxylic acids is 1. The first kappa shape index (κ1) is 24.9. The predicted octanol–water partition coefficient (Wildman–Crippen LogP) is 6.98. The molecule has 1 fully saturated rings. The Labute approximate surface area is 185 Å². The van der Waals surface area contributed by atoms with E-state index in [1.807, 2.05) is 11.8 Å². The molecule has 1 heterocycles. The molecule has 3 nitrogen and oxygen atoms in total. The van der Waals surface area contributed by atoms with Crippen molar-refractivity contribution < 1.29 is 18.3 Å². The van der Waals surface area contributed by atoms with Gasteiger partial charge in [0.15, 0.2) is 0 Å². The van der Waals surface area contributed by atoms with Gasteiger partial charge >= 0.3 is 0 Å². The Morgan fingerprint density at radius 1 is 1.20 bits per heavy atom. The van der Waals surface area contributed by atoms with Gasteiger partial charge in [-0.1, -0.05) is 38.3 Å². The predicted molar refractivity (Wildman–Crippen MR) is 118 cm³/mol. The molecule has 2 rings (SSSR count). The molecule has 0 aliphatic carbocycles. The Balaban J connectivity index is 1.75. The summed E-state index contributed by atoms with van der Waals surface area (Å²) in [5.74, 6) is -2.16. The molecule has 1 aromatic rings. The molecule has 170 valence electrons. The molecule has 1 saturated heterocycles. The van der Waals surface area contributed by atoms with Crippen molar-refractivity contribution in [1.82, 2.24) is 4.90 Å². The molecule has 0 aromatic heterocycles. The Hall–Kier alpha value is -1.36. The largest absolute Gasteiger partial charge is 0.494 e. The van der Waals surface area contributed by atoms with E-state index in [1.54, 1.807) is 24.3 Å². The lowest BCUT2D eigenvalue weighted by Gasteiger charge is -2.32. The fourth-order valence-corrected chi connectivity index (χ4v) is 4.32. The van der Waals surface area contributed by atoms with E-state index in [0.717, 1.165) is 32.4 Å². The zero-order valence-corrected chi connectivity index (χ0v) is 19.1. The maximum Gasteiger partial charge on any atom is 0.251 e. The van der Waals surface area contributed by atoms with Gasteiger partial charge in [-0.05, 0) is 62.3 Å². The van der Waals surface area contributed by atoms with Crippen LogP contribution in [0.3, 0.4) is 0 Å². The van der Waals surface area contributed by atoms with Crippen LogP contribution in [0.15, 0.2) is 24.3 Å². The summed E-state index contributed by atoms with van der Waals surface area (Å²) in [6.07, 6.45) is 4.87. The van der Waals surface area contributed by atoms with Crippen LogP contribution in [0.1, 0.15) is 71.6 Å². The molecule has 0 radical (unpaired) electrons. The van der Waals surface area contributed by atoms with Gasteiger partial charge in [-0.3, -0.25) is 4.79 Å². The molecule has 1 aromatic carbocycles. The van der Waals surface area contributed by atoms with E-state index in [-0.39, 0.29) is 31.8 Å². The summed E-state index contributed by atoms with van der Waals surface area (Å²) in [4.78, 5) is 14.2. The van der Waals surface area contributed by atoms with Crippen molar-refractivity contribution in [3.8, 4) is 5.75 Å². The maximum atomic E-state index is 14.8. The number of carbonyl (C=O) groups is 1. The van der Waals surface area contributed by atoms with E-state index < -0.39 is 11.8 Å². The smallest absolute Gasteiger partial charge is 0.251 e. The second-order valence-corrected chi connectivity index (χ2v) is 8.86. The van der Waals surface area contributed by atoms with E-state index in [4.69, 9.17) is 16.3 Å². The van der Waals surface area contributed by atoms with Gasteiger partial charge in [0.25, 0.3) is 5.92 Å². The Bertz CT molecular complexity index is 631. The molecule has 6 heteroatoms. The van der Waals surface area contributed by atoms with E-state index in [9.17, 15) is 13.6 Å². The third kappa shape index (κ3) is 8.05. The second-order valence-electron chi connectivity index (χ2n) is 8.42. The van der Waals surface area contributed by atoms with Crippen LogP contribution >= 0.6 is 11.6 Å². The zero-order valence-electron chi connectivity index (χ0n) is 18.3. The number of ether oxygens (including phenoxy) is 1. The number of alkyl halides is 2. The molecule has 1 aliphatic heterocycles. The van der Waals surface area contributed by atoms with E-state index in [1.165, 1.54) is 0 Å². The van der Waals surface area contributed by atoms with Crippen molar-refractivity contribution in [2.45, 2.75) is 77.6 Å². The number of amides is 1. The molecule has 0 N–H and O–H groups in total. The number of likely N-dealkylation sites (tertiary alicyclic amines) is 1. The quantitative estimate of drug-likeness (QED) is 0.348. The average Bonchev–Trinajstić information content (AvgIpc) is 2.74. The van der Waals surface area contributed by atoms with Crippen LogP contribution in [0, 0.1) is 11.8 Å². The summed E-state index contributed by atoms with van der Waals surface area (Å²) >= 11 is 5.85. The molecule has 1 aliphatic rings.